The molecule has 5 heteroatoms. The molecule has 1 atom stereocenters. The van der Waals surface area contributed by atoms with Crippen molar-refractivity contribution < 1.29 is 9.53 Å². The maximum atomic E-state index is 12.4. The van der Waals surface area contributed by atoms with E-state index < -0.39 is 0 Å². The molecule has 1 aromatic carbocycles. The lowest BCUT2D eigenvalue weighted by atomic mass is 9.84. The van der Waals surface area contributed by atoms with E-state index in [0.717, 1.165) is 37.7 Å². The Balaban J connectivity index is 1.27. The number of nitrogens with zero attached hydrogens (tertiary/aromatic N) is 2. The molecule has 0 N–H and O–H groups in total. The number of likely N-dealkylation sites (tertiary alicyclic amines) is 1. The number of amides is 1. The van der Waals surface area contributed by atoms with E-state index in [1.165, 1.54) is 36.8 Å². The molecular weight excluding hydrogens is 332 g/mol. The number of hydrogen-bond donors (Lipinski definition) is 0. The normalized spacial score (nSPS) is 28.6. The number of piperidine rings is 1. The molecule has 5 rings (SSSR count). The van der Waals surface area contributed by atoms with E-state index in [9.17, 15) is 4.79 Å². The van der Waals surface area contributed by atoms with Crippen LogP contribution >= 0.6 is 11.8 Å². The Labute approximate surface area is 153 Å². The molecule has 4 aliphatic rings. The minimum absolute atomic E-state index is 0.0804. The van der Waals surface area contributed by atoms with Gasteiger partial charge >= 0.3 is 0 Å². The van der Waals surface area contributed by atoms with Gasteiger partial charge in [0.1, 0.15) is 0 Å². The van der Waals surface area contributed by atoms with Crippen molar-refractivity contribution in [2.45, 2.75) is 56.0 Å². The van der Waals surface area contributed by atoms with E-state index in [0.29, 0.717) is 5.92 Å². The average molecular weight is 356 g/mol. The summed E-state index contributed by atoms with van der Waals surface area (Å²) in [7, 11) is 0. The van der Waals surface area contributed by atoms with Gasteiger partial charge in [0.05, 0.1) is 17.5 Å². The summed E-state index contributed by atoms with van der Waals surface area (Å²) in [6, 6.07) is 8.61. The van der Waals surface area contributed by atoms with Crippen LogP contribution in [-0.4, -0.2) is 34.3 Å². The van der Waals surface area contributed by atoms with Gasteiger partial charge in [-0.15, -0.1) is 0 Å². The molecule has 1 saturated carbocycles. The first-order chi connectivity index (χ1) is 12.3. The van der Waals surface area contributed by atoms with Crippen molar-refractivity contribution in [1.82, 2.24) is 4.90 Å². The number of carbonyl (C=O) groups is 1. The van der Waals surface area contributed by atoms with Gasteiger partial charge in [0, 0.05) is 13.1 Å². The van der Waals surface area contributed by atoms with Gasteiger partial charge in [0.2, 0.25) is 0 Å². The molecule has 1 aliphatic carbocycles. The first-order valence-corrected chi connectivity index (χ1v) is 10.4. The molecule has 0 bridgehead atoms. The molecule has 1 amide bonds. The van der Waals surface area contributed by atoms with E-state index in [4.69, 9.17) is 4.74 Å². The van der Waals surface area contributed by atoms with Crippen LogP contribution in [0.25, 0.3) is 0 Å². The second kappa shape index (κ2) is 6.13. The predicted octanol–water partition coefficient (Wildman–Crippen LogP) is 3.70. The summed E-state index contributed by atoms with van der Waals surface area (Å²) in [6.45, 7) is 2.57. The molecule has 132 valence electrons. The minimum Gasteiger partial charge on any atom is -0.365 e. The van der Waals surface area contributed by atoms with E-state index >= 15 is 0 Å². The monoisotopic (exact) mass is 356 g/mol. The van der Waals surface area contributed by atoms with Gasteiger partial charge in [-0.25, -0.2) is 0 Å². The fourth-order valence-electron chi connectivity index (χ4n) is 4.91. The Morgan fingerprint density at radius 3 is 2.72 bits per heavy atom. The zero-order valence-corrected chi connectivity index (χ0v) is 15.3. The first kappa shape index (κ1) is 15.9. The molecule has 0 radical (unpaired) electrons. The Kier molecular flexibility index (Phi) is 3.90. The summed E-state index contributed by atoms with van der Waals surface area (Å²) in [5.74, 6) is 0.648. The number of amidine groups is 1. The van der Waals surface area contributed by atoms with Crippen LogP contribution in [0.4, 0.5) is 0 Å². The van der Waals surface area contributed by atoms with E-state index in [1.807, 2.05) is 0 Å². The van der Waals surface area contributed by atoms with Crippen LogP contribution in [0.5, 0.6) is 0 Å². The maximum Gasteiger partial charge on any atom is 0.261 e. The lowest BCUT2D eigenvalue weighted by Crippen LogP contribution is -2.44. The molecule has 1 unspecified atom stereocenters. The Morgan fingerprint density at radius 2 is 1.92 bits per heavy atom. The molecule has 0 aromatic heterocycles. The Hall–Kier alpha value is -1.33. The highest BCUT2D eigenvalue weighted by Crippen LogP contribution is 2.45. The van der Waals surface area contributed by atoms with Gasteiger partial charge in [0.15, 0.2) is 5.17 Å². The van der Waals surface area contributed by atoms with Crippen molar-refractivity contribution in [3.05, 3.63) is 35.4 Å². The van der Waals surface area contributed by atoms with Gasteiger partial charge in [0.25, 0.3) is 5.91 Å². The number of aliphatic imine (C=N–C) groups is 1. The summed E-state index contributed by atoms with van der Waals surface area (Å²) in [5.41, 5.74) is 2.58. The molecule has 1 spiro atoms. The summed E-state index contributed by atoms with van der Waals surface area (Å²) in [6.07, 6.45) is 6.89. The van der Waals surface area contributed by atoms with Gasteiger partial charge in [-0.1, -0.05) is 48.9 Å². The van der Waals surface area contributed by atoms with Gasteiger partial charge in [-0.05, 0) is 42.7 Å². The SMILES string of the molecule is O=C1N=C(N2CCC3(CC2)OCc2ccccc23)SC1C1CCCC1. The van der Waals surface area contributed by atoms with Crippen LogP contribution < -0.4 is 0 Å². The lowest BCUT2D eigenvalue weighted by molar-refractivity contribution is -0.117. The molecule has 3 heterocycles. The maximum absolute atomic E-state index is 12.4. The molecule has 25 heavy (non-hydrogen) atoms. The van der Waals surface area contributed by atoms with E-state index in [1.54, 1.807) is 11.8 Å². The summed E-state index contributed by atoms with van der Waals surface area (Å²) < 4.78 is 6.25. The third kappa shape index (κ3) is 2.63. The minimum atomic E-state index is -0.119. The topological polar surface area (TPSA) is 41.9 Å². The predicted molar refractivity (Wildman–Crippen MR) is 99.5 cm³/mol. The molecule has 1 saturated heterocycles. The van der Waals surface area contributed by atoms with Crippen LogP contribution in [0.1, 0.15) is 49.7 Å². The number of fused-ring (bicyclic) bond motifs is 2. The Bertz CT molecular complexity index is 718. The van der Waals surface area contributed by atoms with Crippen molar-refractivity contribution in [3.63, 3.8) is 0 Å². The molecule has 4 nitrogen and oxygen atoms in total. The second-order valence-electron chi connectivity index (χ2n) is 7.74. The quantitative estimate of drug-likeness (QED) is 0.769. The number of hydrogen-bond acceptors (Lipinski definition) is 4. The highest BCUT2D eigenvalue weighted by atomic mass is 32.2. The zero-order chi connectivity index (χ0) is 16.9. The van der Waals surface area contributed by atoms with Crippen molar-refractivity contribution in [2.24, 2.45) is 10.9 Å². The summed E-state index contributed by atoms with van der Waals surface area (Å²) >= 11 is 1.72. The van der Waals surface area contributed by atoms with E-state index in [-0.39, 0.29) is 16.8 Å². The molecular formula is C20H24N2O2S. The van der Waals surface area contributed by atoms with Crippen molar-refractivity contribution in [2.75, 3.05) is 13.1 Å². The largest absolute Gasteiger partial charge is 0.365 e. The smallest absolute Gasteiger partial charge is 0.261 e. The van der Waals surface area contributed by atoms with Crippen LogP contribution in [-0.2, 0) is 21.7 Å². The average Bonchev–Trinajstić information content (AvgIpc) is 3.36. The van der Waals surface area contributed by atoms with Crippen molar-refractivity contribution in [1.29, 1.82) is 0 Å². The Morgan fingerprint density at radius 1 is 1.16 bits per heavy atom. The number of rotatable bonds is 1. The number of ether oxygens (including phenoxy) is 1. The second-order valence-corrected chi connectivity index (χ2v) is 8.85. The first-order valence-electron chi connectivity index (χ1n) is 9.52. The van der Waals surface area contributed by atoms with Crippen LogP contribution in [0.3, 0.4) is 0 Å². The standard InChI is InChI=1S/C20H24N2O2S/c23-18-17(14-5-1-2-6-14)25-19(21-18)22-11-9-20(10-12-22)16-8-4-3-7-15(16)13-24-20/h3-4,7-8,14,17H,1-2,5-6,9-13H2. The van der Waals surface area contributed by atoms with E-state index in [2.05, 4.69) is 34.2 Å². The molecule has 1 aromatic rings. The van der Waals surface area contributed by atoms with Crippen molar-refractivity contribution in [3.8, 4) is 0 Å². The van der Waals surface area contributed by atoms with Crippen LogP contribution in [0.15, 0.2) is 29.3 Å². The lowest BCUT2D eigenvalue weighted by Gasteiger charge is -2.40. The number of thioether (sulfide) groups is 1. The van der Waals surface area contributed by atoms with Crippen molar-refractivity contribution >= 4 is 22.8 Å². The highest BCUT2D eigenvalue weighted by molar-refractivity contribution is 8.15. The fourth-order valence-corrected chi connectivity index (χ4v) is 6.23. The zero-order valence-electron chi connectivity index (χ0n) is 14.4. The molecule has 3 aliphatic heterocycles. The van der Waals surface area contributed by atoms with Gasteiger partial charge in [-0.3, -0.25) is 4.79 Å². The van der Waals surface area contributed by atoms with Crippen LogP contribution in [0.2, 0.25) is 0 Å². The van der Waals surface area contributed by atoms with Gasteiger partial charge < -0.3 is 9.64 Å². The van der Waals surface area contributed by atoms with Gasteiger partial charge in [-0.2, -0.15) is 4.99 Å². The molecule has 2 fully saturated rings. The number of benzene rings is 1. The van der Waals surface area contributed by atoms with Crippen LogP contribution in [0, 0.1) is 5.92 Å². The highest BCUT2D eigenvalue weighted by Gasteiger charge is 2.45. The number of carbonyl (C=O) groups excluding carboxylic acids is 1. The third-order valence-corrected chi connectivity index (χ3v) is 7.76. The summed E-state index contributed by atoms with van der Waals surface area (Å²) in [5, 5.41) is 1.04. The summed E-state index contributed by atoms with van der Waals surface area (Å²) in [4.78, 5) is 19.1. The fraction of sp³-hybridized carbons (Fsp3) is 0.600. The third-order valence-electron chi connectivity index (χ3n) is 6.36.